The number of hydrogen-bond donors (Lipinski definition) is 1. The van der Waals surface area contributed by atoms with Gasteiger partial charge in [0.15, 0.2) is 0 Å². The molecule has 0 radical (unpaired) electrons. The van der Waals surface area contributed by atoms with Crippen molar-refractivity contribution >= 4 is 17.2 Å². The number of benzene rings is 1. The Morgan fingerprint density at radius 3 is 2.48 bits per heavy atom. The summed E-state index contributed by atoms with van der Waals surface area (Å²) in [5.74, 6) is 3.11. The molecule has 5 heteroatoms. The summed E-state index contributed by atoms with van der Waals surface area (Å²) in [7, 11) is 1.66. The summed E-state index contributed by atoms with van der Waals surface area (Å²) in [6.07, 6.45) is 11.2. The zero-order valence-electron chi connectivity index (χ0n) is 18.2. The van der Waals surface area contributed by atoms with Crippen LogP contribution in [0, 0.1) is 30.1 Å². The second-order valence-corrected chi connectivity index (χ2v) is 10.2. The van der Waals surface area contributed by atoms with Crippen molar-refractivity contribution in [1.82, 2.24) is 9.38 Å². The van der Waals surface area contributed by atoms with Crippen LogP contribution in [0.25, 0.3) is 16.9 Å². The molecule has 0 saturated heterocycles. The molecule has 4 bridgehead atoms. The molecule has 0 aliphatic heterocycles. The first-order chi connectivity index (χ1) is 15.0. The fraction of sp³-hybridized carbons (Fsp3) is 0.462. The van der Waals surface area contributed by atoms with Crippen molar-refractivity contribution < 1.29 is 9.53 Å². The van der Waals surface area contributed by atoms with E-state index in [9.17, 15) is 4.79 Å². The highest BCUT2D eigenvalue weighted by molar-refractivity contribution is 5.97. The van der Waals surface area contributed by atoms with Gasteiger partial charge in [0.05, 0.1) is 23.9 Å². The SMILES string of the molecule is COc1ccc(-c2cn3ccc(C)cc3n2)cc1NC(=O)C12CC3CC(CC(C3)C1)C2. The maximum absolute atomic E-state index is 13.6. The van der Waals surface area contributed by atoms with Crippen molar-refractivity contribution in [2.75, 3.05) is 12.4 Å². The lowest BCUT2D eigenvalue weighted by Crippen LogP contribution is -2.51. The number of carbonyl (C=O) groups excluding carboxylic acids is 1. The molecule has 4 aliphatic rings. The van der Waals surface area contributed by atoms with Gasteiger partial charge in [-0.15, -0.1) is 0 Å². The number of methoxy groups -OCH3 is 1. The Morgan fingerprint density at radius 2 is 1.81 bits per heavy atom. The summed E-state index contributed by atoms with van der Waals surface area (Å²) >= 11 is 0. The fourth-order valence-electron chi connectivity index (χ4n) is 6.83. The summed E-state index contributed by atoms with van der Waals surface area (Å²) < 4.78 is 7.62. The predicted octanol–water partition coefficient (Wildman–Crippen LogP) is 5.47. The molecule has 0 unspecified atom stereocenters. The second kappa shape index (κ2) is 6.84. The van der Waals surface area contributed by atoms with E-state index < -0.39 is 0 Å². The molecule has 31 heavy (non-hydrogen) atoms. The van der Waals surface area contributed by atoms with E-state index in [0.29, 0.717) is 5.75 Å². The van der Waals surface area contributed by atoms with Crippen LogP contribution in [0.3, 0.4) is 0 Å². The zero-order valence-corrected chi connectivity index (χ0v) is 18.2. The van der Waals surface area contributed by atoms with E-state index in [1.807, 2.05) is 35.0 Å². The van der Waals surface area contributed by atoms with Gasteiger partial charge in [0.25, 0.3) is 0 Å². The Labute approximate surface area is 182 Å². The molecule has 4 aliphatic carbocycles. The Bertz CT molecular complexity index is 1140. The molecule has 0 atom stereocenters. The molecule has 0 spiro atoms. The number of rotatable bonds is 4. The normalized spacial score (nSPS) is 28.8. The van der Waals surface area contributed by atoms with E-state index in [-0.39, 0.29) is 11.3 Å². The van der Waals surface area contributed by atoms with Gasteiger partial charge in [-0.2, -0.15) is 0 Å². The number of fused-ring (bicyclic) bond motifs is 1. The van der Waals surface area contributed by atoms with Crippen LogP contribution in [0.1, 0.15) is 44.1 Å². The molecule has 7 rings (SSSR count). The lowest BCUT2D eigenvalue weighted by Gasteiger charge is -2.55. The van der Waals surface area contributed by atoms with Crippen molar-refractivity contribution in [3.63, 3.8) is 0 Å². The van der Waals surface area contributed by atoms with Crippen molar-refractivity contribution in [3.05, 3.63) is 48.3 Å². The highest BCUT2D eigenvalue weighted by Gasteiger charge is 2.54. The molecule has 3 aromatic rings. The van der Waals surface area contributed by atoms with Gasteiger partial charge < -0.3 is 14.5 Å². The van der Waals surface area contributed by atoms with Crippen LogP contribution in [0.15, 0.2) is 42.7 Å². The predicted molar refractivity (Wildman–Crippen MR) is 121 cm³/mol. The average Bonchev–Trinajstić information content (AvgIpc) is 3.16. The van der Waals surface area contributed by atoms with Crippen LogP contribution < -0.4 is 10.1 Å². The molecule has 4 fully saturated rings. The van der Waals surface area contributed by atoms with Gasteiger partial charge in [0.1, 0.15) is 11.4 Å². The number of anilines is 1. The standard InChI is InChI=1S/C26H29N3O2/c1-16-5-6-29-15-22(27-24(29)7-16)20-3-4-23(31-2)21(11-20)28-25(30)26-12-17-8-18(13-26)10-19(9-17)14-26/h3-7,11,15,17-19H,8-10,12-14H2,1-2H3,(H,28,30). The number of carbonyl (C=O) groups is 1. The van der Waals surface area contributed by atoms with Crippen molar-refractivity contribution in [2.45, 2.75) is 45.4 Å². The maximum atomic E-state index is 13.6. The van der Waals surface area contributed by atoms with E-state index in [2.05, 4.69) is 24.4 Å². The monoisotopic (exact) mass is 415 g/mol. The van der Waals surface area contributed by atoms with Gasteiger partial charge in [-0.1, -0.05) is 0 Å². The van der Waals surface area contributed by atoms with E-state index in [1.54, 1.807) is 7.11 Å². The molecule has 2 heterocycles. The van der Waals surface area contributed by atoms with Crippen LogP contribution in [-0.2, 0) is 4.79 Å². The molecule has 1 amide bonds. The minimum absolute atomic E-state index is 0.184. The first-order valence-electron chi connectivity index (χ1n) is 11.5. The highest BCUT2D eigenvalue weighted by atomic mass is 16.5. The van der Waals surface area contributed by atoms with Gasteiger partial charge in [0, 0.05) is 18.0 Å². The number of nitrogens with one attached hydrogen (secondary N) is 1. The lowest BCUT2D eigenvalue weighted by atomic mass is 9.49. The summed E-state index contributed by atoms with van der Waals surface area (Å²) in [6.45, 7) is 2.07. The summed E-state index contributed by atoms with van der Waals surface area (Å²) in [5, 5.41) is 3.27. The topological polar surface area (TPSA) is 55.6 Å². The number of nitrogens with zero attached hydrogens (tertiary/aromatic N) is 2. The summed E-state index contributed by atoms with van der Waals surface area (Å²) in [6, 6.07) is 10.1. The van der Waals surface area contributed by atoms with Crippen LogP contribution in [0.4, 0.5) is 5.69 Å². The minimum atomic E-state index is -0.184. The maximum Gasteiger partial charge on any atom is 0.230 e. The Morgan fingerprint density at radius 1 is 1.10 bits per heavy atom. The van der Waals surface area contributed by atoms with E-state index >= 15 is 0 Å². The van der Waals surface area contributed by atoms with Gasteiger partial charge in [-0.3, -0.25) is 4.79 Å². The zero-order chi connectivity index (χ0) is 21.2. The number of hydrogen-bond acceptors (Lipinski definition) is 3. The number of aryl methyl sites for hydroxylation is 1. The highest BCUT2D eigenvalue weighted by Crippen LogP contribution is 2.60. The first kappa shape index (κ1) is 18.9. The largest absolute Gasteiger partial charge is 0.495 e. The Kier molecular flexibility index (Phi) is 4.17. The third kappa shape index (κ3) is 3.13. The van der Waals surface area contributed by atoms with E-state index in [4.69, 9.17) is 9.72 Å². The van der Waals surface area contributed by atoms with Crippen molar-refractivity contribution in [1.29, 1.82) is 0 Å². The number of imidazole rings is 1. The van der Waals surface area contributed by atoms with Crippen LogP contribution in [0.5, 0.6) is 5.75 Å². The molecule has 1 aromatic carbocycles. The number of pyridine rings is 1. The lowest BCUT2D eigenvalue weighted by molar-refractivity contribution is -0.140. The molecule has 1 N–H and O–H groups in total. The molecule has 2 aromatic heterocycles. The number of ether oxygens (including phenoxy) is 1. The third-order valence-corrected chi connectivity index (χ3v) is 7.88. The van der Waals surface area contributed by atoms with Crippen molar-refractivity contribution in [3.8, 4) is 17.0 Å². The van der Waals surface area contributed by atoms with Crippen molar-refractivity contribution in [2.24, 2.45) is 23.2 Å². The van der Waals surface area contributed by atoms with Crippen LogP contribution in [0.2, 0.25) is 0 Å². The van der Waals surface area contributed by atoms with Gasteiger partial charge in [-0.25, -0.2) is 4.98 Å². The van der Waals surface area contributed by atoms with Crippen LogP contribution >= 0.6 is 0 Å². The first-order valence-corrected chi connectivity index (χ1v) is 11.5. The fourth-order valence-corrected chi connectivity index (χ4v) is 6.83. The molecular weight excluding hydrogens is 386 g/mol. The van der Waals surface area contributed by atoms with Gasteiger partial charge in [-0.05, 0) is 99.1 Å². The summed E-state index contributed by atoms with van der Waals surface area (Å²) in [4.78, 5) is 18.4. The minimum Gasteiger partial charge on any atom is -0.495 e. The van der Waals surface area contributed by atoms with Gasteiger partial charge >= 0.3 is 0 Å². The Balaban J connectivity index is 1.32. The van der Waals surface area contributed by atoms with E-state index in [1.165, 1.54) is 24.8 Å². The molecule has 5 nitrogen and oxygen atoms in total. The smallest absolute Gasteiger partial charge is 0.230 e. The summed E-state index contributed by atoms with van der Waals surface area (Å²) in [5.41, 5.74) is 4.53. The van der Waals surface area contributed by atoms with Gasteiger partial charge in [0.2, 0.25) is 5.91 Å². The molecular formula is C26H29N3O2. The van der Waals surface area contributed by atoms with Crippen LogP contribution in [-0.4, -0.2) is 22.4 Å². The number of aromatic nitrogens is 2. The quantitative estimate of drug-likeness (QED) is 0.614. The second-order valence-electron chi connectivity index (χ2n) is 10.2. The molecule has 160 valence electrons. The number of amides is 1. The third-order valence-electron chi connectivity index (χ3n) is 7.88. The Hall–Kier alpha value is -2.82. The molecule has 4 saturated carbocycles. The van der Waals surface area contributed by atoms with E-state index in [0.717, 1.165) is 59.6 Å². The average molecular weight is 416 g/mol.